The summed E-state index contributed by atoms with van der Waals surface area (Å²) in [7, 11) is 0. The summed E-state index contributed by atoms with van der Waals surface area (Å²) in [5.74, 6) is 0.929. The zero-order valence-corrected chi connectivity index (χ0v) is 11.1. The molecule has 0 amide bonds. The van der Waals surface area contributed by atoms with E-state index in [0.717, 1.165) is 39.4 Å². The molecule has 0 atom stereocenters. The second kappa shape index (κ2) is 5.03. The number of H-pyrrole nitrogens is 1. The van der Waals surface area contributed by atoms with E-state index in [9.17, 15) is 0 Å². The molecule has 4 heteroatoms. The van der Waals surface area contributed by atoms with Gasteiger partial charge in [-0.2, -0.15) is 0 Å². The lowest BCUT2D eigenvalue weighted by atomic mass is 10.1. The molecule has 3 nitrogen and oxygen atoms in total. The van der Waals surface area contributed by atoms with Crippen LogP contribution >= 0.6 is 11.6 Å². The number of aromatic nitrogens is 2. The van der Waals surface area contributed by atoms with Crippen molar-refractivity contribution in [3.05, 3.63) is 64.4 Å². The van der Waals surface area contributed by atoms with E-state index in [0.29, 0.717) is 6.54 Å². The van der Waals surface area contributed by atoms with Crippen LogP contribution in [0.1, 0.15) is 17.0 Å². The Hall–Kier alpha value is -1.84. The van der Waals surface area contributed by atoms with E-state index in [2.05, 4.69) is 9.97 Å². The molecule has 19 heavy (non-hydrogen) atoms. The van der Waals surface area contributed by atoms with Gasteiger partial charge >= 0.3 is 0 Å². The minimum absolute atomic E-state index is 0.499. The molecule has 0 aliphatic rings. The number of fused-ring (bicyclic) bond motifs is 1. The number of para-hydroxylation sites is 1. The lowest BCUT2D eigenvalue weighted by Crippen LogP contribution is -1.96. The van der Waals surface area contributed by atoms with E-state index in [1.807, 2.05) is 42.5 Å². The molecule has 3 N–H and O–H groups in total. The van der Waals surface area contributed by atoms with Crippen molar-refractivity contribution in [1.29, 1.82) is 0 Å². The molecule has 0 spiro atoms. The Morgan fingerprint density at radius 3 is 2.79 bits per heavy atom. The van der Waals surface area contributed by atoms with Crippen LogP contribution in [-0.2, 0) is 13.0 Å². The number of hydrogen-bond donors (Lipinski definition) is 2. The van der Waals surface area contributed by atoms with Crippen LogP contribution in [0.4, 0.5) is 0 Å². The highest BCUT2D eigenvalue weighted by molar-refractivity contribution is 6.30. The third-order valence-electron chi connectivity index (χ3n) is 3.13. The summed E-state index contributed by atoms with van der Waals surface area (Å²) in [5.41, 5.74) is 9.92. The summed E-state index contributed by atoms with van der Waals surface area (Å²) in [6, 6.07) is 13.8. The summed E-state index contributed by atoms with van der Waals surface area (Å²) in [4.78, 5) is 7.96. The predicted molar refractivity (Wildman–Crippen MR) is 78.2 cm³/mol. The van der Waals surface area contributed by atoms with E-state index < -0.39 is 0 Å². The molecule has 3 aromatic rings. The Morgan fingerprint density at radius 1 is 1.16 bits per heavy atom. The largest absolute Gasteiger partial charge is 0.342 e. The number of nitrogens with one attached hydrogen (secondary N) is 1. The maximum atomic E-state index is 5.99. The maximum Gasteiger partial charge on any atom is 0.111 e. The lowest BCUT2D eigenvalue weighted by Gasteiger charge is -1.98. The van der Waals surface area contributed by atoms with Crippen LogP contribution in [-0.4, -0.2) is 9.97 Å². The van der Waals surface area contributed by atoms with E-state index in [4.69, 9.17) is 17.3 Å². The number of benzene rings is 2. The van der Waals surface area contributed by atoms with Crippen molar-refractivity contribution >= 4 is 22.6 Å². The highest BCUT2D eigenvalue weighted by Crippen LogP contribution is 2.19. The van der Waals surface area contributed by atoms with Crippen molar-refractivity contribution in [1.82, 2.24) is 9.97 Å². The summed E-state index contributed by atoms with van der Waals surface area (Å²) in [5, 5.41) is 0.747. The fourth-order valence-corrected chi connectivity index (χ4v) is 2.44. The first-order chi connectivity index (χ1) is 9.26. The quantitative estimate of drug-likeness (QED) is 0.768. The Morgan fingerprint density at radius 2 is 2.00 bits per heavy atom. The second-order valence-electron chi connectivity index (χ2n) is 4.51. The first-order valence-corrected chi connectivity index (χ1v) is 6.55. The molecule has 0 unspecified atom stereocenters. The summed E-state index contributed by atoms with van der Waals surface area (Å²) < 4.78 is 0. The first kappa shape index (κ1) is 12.2. The van der Waals surface area contributed by atoms with Gasteiger partial charge < -0.3 is 10.7 Å². The Kier molecular flexibility index (Phi) is 3.23. The Balaban J connectivity index is 1.98. The number of halogens is 1. The summed E-state index contributed by atoms with van der Waals surface area (Å²) >= 11 is 5.99. The number of imidazole rings is 1. The van der Waals surface area contributed by atoms with Crippen molar-refractivity contribution in [2.75, 3.05) is 0 Å². The SMILES string of the molecule is NCc1cccc2[nH]c(Cc3cccc(Cl)c3)nc12. The first-order valence-electron chi connectivity index (χ1n) is 6.17. The van der Waals surface area contributed by atoms with Crippen LogP contribution in [0.5, 0.6) is 0 Å². The van der Waals surface area contributed by atoms with Gasteiger partial charge in [0.15, 0.2) is 0 Å². The zero-order chi connectivity index (χ0) is 13.2. The number of aromatic amines is 1. The fourth-order valence-electron chi connectivity index (χ4n) is 2.23. The molecular weight excluding hydrogens is 258 g/mol. The molecule has 1 heterocycles. The van der Waals surface area contributed by atoms with Crippen LogP contribution in [0.25, 0.3) is 11.0 Å². The molecule has 0 aliphatic carbocycles. The van der Waals surface area contributed by atoms with Crippen molar-refractivity contribution in [2.24, 2.45) is 5.73 Å². The van der Waals surface area contributed by atoms with Crippen LogP contribution in [0.3, 0.4) is 0 Å². The Labute approximate surface area is 116 Å². The molecule has 0 radical (unpaired) electrons. The van der Waals surface area contributed by atoms with Crippen molar-refractivity contribution in [3.63, 3.8) is 0 Å². The second-order valence-corrected chi connectivity index (χ2v) is 4.94. The average molecular weight is 272 g/mol. The van der Waals surface area contributed by atoms with E-state index in [1.165, 1.54) is 0 Å². The fraction of sp³-hybridized carbons (Fsp3) is 0.133. The third-order valence-corrected chi connectivity index (χ3v) is 3.36. The minimum Gasteiger partial charge on any atom is -0.342 e. The molecule has 1 aromatic heterocycles. The van der Waals surface area contributed by atoms with Gasteiger partial charge in [-0.1, -0.05) is 35.9 Å². The van der Waals surface area contributed by atoms with Gasteiger partial charge in [0.1, 0.15) is 5.82 Å². The summed E-state index contributed by atoms with van der Waals surface area (Å²) in [6.07, 6.45) is 0.735. The molecular formula is C15H14ClN3. The summed E-state index contributed by atoms with van der Waals surface area (Å²) in [6.45, 7) is 0.499. The van der Waals surface area contributed by atoms with E-state index >= 15 is 0 Å². The van der Waals surface area contributed by atoms with Gasteiger partial charge in [0.25, 0.3) is 0 Å². The minimum atomic E-state index is 0.499. The third kappa shape index (κ3) is 2.48. The van der Waals surface area contributed by atoms with E-state index in [1.54, 1.807) is 0 Å². The molecule has 0 saturated heterocycles. The molecule has 2 aromatic carbocycles. The molecule has 0 fully saturated rings. The lowest BCUT2D eigenvalue weighted by molar-refractivity contribution is 1.03. The molecule has 96 valence electrons. The molecule has 0 aliphatic heterocycles. The van der Waals surface area contributed by atoms with Crippen LogP contribution in [0, 0.1) is 0 Å². The topological polar surface area (TPSA) is 54.7 Å². The molecule has 0 saturated carbocycles. The Bertz CT molecular complexity index is 718. The highest BCUT2D eigenvalue weighted by atomic mass is 35.5. The smallest absolute Gasteiger partial charge is 0.111 e. The van der Waals surface area contributed by atoms with Crippen LogP contribution in [0.2, 0.25) is 5.02 Å². The number of hydrogen-bond acceptors (Lipinski definition) is 2. The highest BCUT2D eigenvalue weighted by Gasteiger charge is 2.07. The zero-order valence-electron chi connectivity index (χ0n) is 10.4. The maximum absolute atomic E-state index is 5.99. The van der Waals surface area contributed by atoms with Gasteiger partial charge in [0, 0.05) is 18.0 Å². The normalized spacial score (nSPS) is 11.1. The van der Waals surface area contributed by atoms with Crippen molar-refractivity contribution in [2.45, 2.75) is 13.0 Å². The number of rotatable bonds is 3. The van der Waals surface area contributed by atoms with Gasteiger partial charge in [0.05, 0.1) is 11.0 Å². The van der Waals surface area contributed by atoms with Crippen LogP contribution in [0.15, 0.2) is 42.5 Å². The monoisotopic (exact) mass is 271 g/mol. The van der Waals surface area contributed by atoms with Gasteiger partial charge in [0.2, 0.25) is 0 Å². The van der Waals surface area contributed by atoms with Crippen LogP contribution < -0.4 is 5.73 Å². The number of nitrogens with zero attached hydrogens (tertiary/aromatic N) is 1. The molecule has 0 bridgehead atoms. The van der Waals surface area contributed by atoms with Gasteiger partial charge in [-0.25, -0.2) is 4.98 Å². The predicted octanol–water partition coefficient (Wildman–Crippen LogP) is 3.27. The van der Waals surface area contributed by atoms with Crippen molar-refractivity contribution < 1.29 is 0 Å². The van der Waals surface area contributed by atoms with Gasteiger partial charge in [-0.15, -0.1) is 0 Å². The number of nitrogens with two attached hydrogens (primary N) is 1. The van der Waals surface area contributed by atoms with Gasteiger partial charge in [-0.05, 0) is 29.3 Å². The van der Waals surface area contributed by atoms with Gasteiger partial charge in [-0.3, -0.25) is 0 Å². The van der Waals surface area contributed by atoms with E-state index in [-0.39, 0.29) is 0 Å². The standard InChI is InChI=1S/C15H14ClN3/c16-12-5-1-3-10(7-12)8-14-18-13-6-2-4-11(9-17)15(13)19-14/h1-7H,8-9,17H2,(H,18,19). The average Bonchev–Trinajstić information content (AvgIpc) is 2.80. The molecule has 3 rings (SSSR count). The van der Waals surface area contributed by atoms with Crippen molar-refractivity contribution in [3.8, 4) is 0 Å².